The van der Waals surface area contributed by atoms with Gasteiger partial charge in [0, 0.05) is 49.4 Å². The monoisotopic (exact) mass is 607 g/mol. The molecule has 0 aliphatic heterocycles. The Bertz CT molecular complexity index is 1580. The molecular formula is C27H30F5N9O2. The maximum atomic E-state index is 13.7. The lowest BCUT2D eigenvalue weighted by Crippen LogP contribution is -2.35. The highest BCUT2D eigenvalue weighted by Gasteiger charge is 2.38. The minimum Gasteiger partial charge on any atom is -0.354 e. The standard InChI is InChI=1S/C27H30F5N9O2/c1-2-16-12-17(5-6-18(16)26(43)36-9-8-34-22(42)4-3-7-33)38-24-25-37-13-20(41(25)11-10-35-24)19-14-40(15-21(28)29)39-23(19)27(30,31)32/h5-6,10-14,21H,2-4,7-9,15,33H2,1H3,(H,34,42)(H,35,38)(H,36,43). The van der Waals surface area contributed by atoms with Crippen LogP contribution in [0.4, 0.5) is 33.5 Å². The van der Waals surface area contributed by atoms with Gasteiger partial charge in [0.2, 0.25) is 5.91 Å². The molecular weight excluding hydrogens is 577 g/mol. The van der Waals surface area contributed by atoms with Gasteiger partial charge >= 0.3 is 6.18 Å². The zero-order chi connectivity index (χ0) is 31.1. The van der Waals surface area contributed by atoms with Crippen LogP contribution in [0.2, 0.25) is 0 Å². The van der Waals surface area contributed by atoms with E-state index < -0.39 is 30.4 Å². The molecule has 2 amide bonds. The number of anilines is 2. The predicted molar refractivity (Wildman–Crippen MR) is 148 cm³/mol. The smallest absolute Gasteiger partial charge is 0.354 e. The third kappa shape index (κ3) is 7.63. The highest BCUT2D eigenvalue weighted by molar-refractivity contribution is 5.96. The largest absolute Gasteiger partial charge is 0.435 e. The Morgan fingerprint density at radius 2 is 1.88 bits per heavy atom. The van der Waals surface area contributed by atoms with Gasteiger partial charge in [0.1, 0.15) is 6.54 Å². The van der Waals surface area contributed by atoms with Crippen LogP contribution >= 0.6 is 0 Å². The van der Waals surface area contributed by atoms with Gasteiger partial charge in [-0.2, -0.15) is 18.3 Å². The quantitative estimate of drug-likeness (QED) is 0.134. The van der Waals surface area contributed by atoms with Crippen LogP contribution in [0, 0.1) is 0 Å². The molecule has 0 radical (unpaired) electrons. The number of aryl methyl sites for hydroxylation is 1. The van der Waals surface area contributed by atoms with E-state index in [4.69, 9.17) is 5.73 Å². The summed E-state index contributed by atoms with van der Waals surface area (Å²) in [6.07, 6.45) is -1.49. The van der Waals surface area contributed by atoms with Gasteiger partial charge in [-0.25, -0.2) is 18.7 Å². The first-order chi connectivity index (χ1) is 20.5. The number of amides is 2. The molecule has 4 rings (SSSR count). The van der Waals surface area contributed by atoms with Crippen molar-refractivity contribution in [3.8, 4) is 11.3 Å². The molecule has 0 saturated carbocycles. The average Bonchev–Trinajstić information content (AvgIpc) is 3.58. The second-order valence-corrected chi connectivity index (χ2v) is 9.46. The van der Waals surface area contributed by atoms with Crippen molar-refractivity contribution >= 4 is 29.0 Å². The molecule has 11 nitrogen and oxygen atoms in total. The second-order valence-electron chi connectivity index (χ2n) is 9.46. The highest BCUT2D eigenvalue weighted by Crippen LogP contribution is 2.37. The molecule has 0 fully saturated rings. The van der Waals surface area contributed by atoms with E-state index in [-0.39, 0.29) is 42.1 Å². The molecule has 3 heterocycles. The maximum Gasteiger partial charge on any atom is 0.435 e. The van der Waals surface area contributed by atoms with E-state index in [2.05, 4.69) is 31.0 Å². The molecule has 4 aromatic rings. The predicted octanol–water partition coefficient (Wildman–Crippen LogP) is 3.77. The summed E-state index contributed by atoms with van der Waals surface area (Å²) in [6.45, 7) is 1.81. The van der Waals surface area contributed by atoms with Crippen molar-refractivity contribution in [3.05, 3.63) is 59.8 Å². The number of nitrogens with zero attached hydrogens (tertiary/aromatic N) is 5. The number of rotatable bonds is 13. The average molecular weight is 608 g/mol. The van der Waals surface area contributed by atoms with E-state index in [0.717, 1.165) is 6.20 Å². The maximum absolute atomic E-state index is 13.7. The fraction of sp³-hybridized carbons (Fsp3) is 0.370. The van der Waals surface area contributed by atoms with Crippen LogP contribution in [0.1, 0.15) is 41.4 Å². The second kappa shape index (κ2) is 13.6. The van der Waals surface area contributed by atoms with E-state index in [9.17, 15) is 31.5 Å². The fourth-order valence-corrected chi connectivity index (χ4v) is 4.41. The van der Waals surface area contributed by atoms with Gasteiger partial charge in [-0.3, -0.25) is 18.7 Å². The topological polar surface area (TPSA) is 144 Å². The summed E-state index contributed by atoms with van der Waals surface area (Å²) in [5, 5.41) is 11.9. The molecule has 0 aliphatic carbocycles. The molecule has 3 aromatic heterocycles. The van der Waals surface area contributed by atoms with Gasteiger partial charge < -0.3 is 21.7 Å². The molecule has 5 N–H and O–H groups in total. The number of aromatic nitrogens is 5. The van der Waals surface area contributed by atoms with Gasteiger partial charge in [-0.1, -0.05) is 6.92 Å². The van der Waals surface area contributed by atoms with Crippen LogP contribution in [0.15, 0.2) is 43.0 Å². The van der Waals surface area contributed by atoms with Crippen molar-refractivity contribution in [2.45, 2.75) is 45.3 Å². The molecule has 0 unspecified atom stereocenters. The number of hydrogen-bond acceptors (Lipinski definition) is 7. The van der Waals surface area contributed by atoms with E-state index in [0.29, 0.717) is 47.3 Å². The fourth-order valence-electron chi connectivity index (χ4n) is 4.41. The Morgan fingerprint density at radius 1 is 1.12 bits per heavy atom. The lowest BCUT2D eigenvalue weighted by atomic mass is 10.0. The number of nitrogens with two attached hydrogens (primary N) is 1. The zero-order valence-electron chi connectivity index (χ0n) is 23.1. The normalized spacial score (nSPS) is 11.7. The lowest BCUT2D eigenvalue weighted by Gasteiger charge is -2.13. The minimum absolute atomic E-state index is 0.00914. The number of fused-ring (bicyclic) bond motifs is 1. The number of nitrogens with one attached hydrogen (secondary N) is 3. The Morgan fingerprint density at radius 3 is 2.58 bits per heavy atom. The molecule has 16 heteroatoms. The number of hydrogen-bond donors (Lipinski definition) is 4. The van der Waals surface area contributed by atoms with Crippen molar-refractivity contribution in [2.75, 3.05) is 25.0 Å². The summed E-state index contributed by atoms with van der Waals surface area (Å²) in [5.41, 5.74) is 5.55. The van der Waals surface area contributed by atoms with Gasteiger partial charge in [-0.05, 0) is 43.1 Å². The van der Waals surface area contributed by atoms with Gasteiger partial charge in [-0.15, -0.1) is 0 Å². The van der Waals surface area contributed by atoms with Gasteiger partial charge in [0.25, 0.3) is 12.3 Å². The SMILES string of the molecule is CCc1cc(Nc2nccn3c(-c4cn(CC(F)F)nc4C(F)(F)F)cnc23)ccc1C(=O)NCCNC(=O)CCCN. The zero-order valence-corrected chi connectivity index (χ0v) is 23.1. The van der Waals surface area contributed by atoms with Crippen LogP contribution in [0.5, 0.6) is 0 Å². The first-order valence-corrected chi connectivity index (χ1v) is 13.4. The third-order valence-corrected chi connectivity index (χ3v) is 6.39. The minimum atomic E-state index is -4.88. The van der Waals surface area contributed by atoms with Crippen LogP contribution in [0.25, 0.3) is 16.9 Å². The summed E-state index contributed by atoms with van der Waals surface area (Å²) in [4.78, 5) is 32.9. The van der Waals surface area contributed by atoms with Gasteiger partial charge in [0.15, 0.2) is 17.2 Å². The van der Waals surface area contributed by atoms with Gasteiger partial charge in [0.05, 0.1) is 17.5 Å². The van der Waals surface area contributed by atoms with E-state index in [1.54, 1.807) is 18.2 Å². The Kier molecular flexibility index (Phi) is 9.90. The van der Waals surface area contributed by atoms with Crippen molar-refractivity contribution in [1.82, 2.24) is 34.8 Å². The summed E-state index contributed by atoms with van der Waals surface area (Å²) in [5.74, 6) is -0.238. The molecule has 0 saturated heterocycles. The highest BCUT2D eigenvalue weighted by atomic mass is 19.4. The van der Waals surface area contributed by atoms with Crippen molar-refractivity contribution < 1.29 is 31.5 Å². The van der Waals surface area contributed by atoms with Crippen molar-refractivity contribution in [2.24, 2.45) is 5.73 Å². The molecule has 0 atom stereocenters. The Balaban J connectivity index is 1.53. The first kappa shape index (κ1) is 31.3. The van der Waals surface area contributed by atoms with Crippen molar-refractivity contribution in [3.63, 3.8) is 0 Å². The van der Waals surface area contributed by atoms with Crippen molar-refractivity contribution in [1.29, 1.82) is 0 Å². The number of halogens is 5. The summed E-state index contributed by atoms with van der Waals surface area (Å²) in [6, 6.07) is 5.02. The molecule has 1 aromatic carbocycles. The van der Waals surface area contributed by atoms with Crippen LogP contribution in [-0.4, -0.2) is 62.0 Å². The van der Waals surface area contributed by atoms with Crippen LogP contribution < -0.4 is 21.7 Å². The molecule has 0 aliphatic rings. The molecule has 0 bridgehead atoms. The number of benzene rings is 1. The molecule has 43 heavy (non-hydrogen) atoms. The molecule has 230 valence electrons. The number of imidazole rings is 1. The van der Waals surface area contributed by atoms with E-state index >= 15 is 0 Å². The Hall–Kier alpha value is -4.60. The number of alkyl halides is 5. The van der Waals surface area contributed by atoms with Crippen LogP contribution in [-0.2, 0) is 23.9 Å². The summed E-state index contributed by atoms with van der Waals surface area (Å²) >= 11 is 0. The van der Waals surface area contributed by atoms with E-state index in [1.165, 1.54) is 23.0 Å². The van der Waals surface area contributed by atoms with E-state index in [1.807, 2.05) is 6.92 Å². The lowest BCUT2D eigenvalue weighted by molar-refractivity contribution is -0.141. The summed E-state index contributed by atoms with van der Waals surface area (Å²) < 4.78 is 68.8. The first-order valence-electron chi connectivity index (χ1n) is 13.4. The molecule has 0 spiro atoms. The third-order valence-electron chi connectivity index (χ3n) is 6.39. The number of carbonyl (C=O) groups excluding carboxylic acids is 2. The Labute approximate surface area is 242 Å². The summed E-state index contributed by atoms with van der Waals surface area (Å²) in [7, 11) is 0. The number of carbonyl (C=O) groups is 2. The van der Waals surface area contributed by atoms with Crippen LogP contribution in [0.3, 0.4) is 0 Å².